The van der Waals surface area contributed by atoms with E-state index in [9.17, 15) is 18.0 Å². The highest BCUT2D eigenvalue weighted by Gasteiger charge is 2.45. The number of hydrogen-bond acceptors (Lipinski definition) is 6. The minimum absolute atomic E-state index is 0.0104. The fourth-order valence-electron chi connectivity index (χ4n) is 3.96. The SMILES string of the molecule is Cc1nccc(Nc2cc(-c3cc(N4CCCC[C@@H]4C(F)(F)F)[nH]c(=O)c3)c(C)cn2)n1. The van der Waals surface area contributed by atoms with Crippen molar-refractivity contribution in [2.75, 3.05) is 16.8 Å². The van der Waals surface area contributed by atoms with Crippen LogP contribution in [-0.4, -0.2) is 38.7 Å². The molecule has 10 heteroatoms. The van der Waals surface area contributed by atoms with Crippen LogP contribution in [0.2, 0.25) is 0 Å². The minimum Gasteiger partial charge on any atom is -0.346 e. The van der Waals surface area contributed by atoms with Gasteiger partial charge in [0.25, 0.3) is 0 Å². The van der Waals surface area contributed by atoms with Gasteiger partial charge in [-0.15, -0.1) is 0 Å². The summed E-state index contributed by atoms with van der Waals surface area (Å²) in [5.74, 6) is 1.83. The summed E-state index contributed by atoms with van der Waals surface area (Å²) in [5.41, 5.74) is 1.55. The van der Waals surface area contributed by atoms with Crippen LogP contribution in [0.25, 0.3) is 11.1 Å². The molecular formula is C22H23F3N6O. The molecule has 0 spiro atoms. The lowest BCUT2D eigenvalue weighted by Gasteiger charge is -2.38. The molecule has 1 saturated heterocycles. The summed E-state index contributed by atoms with van der Waals surface area (Å²) in [6.07, 6.45) is 0.0543. The van der Waals surface area contributed by atoms with Crippen molar-refractivity contribution in [2.24, 2.45) is 0 Å². The van der Waals surface area contributed by atoms with E-state index in [4.69, 9.17) is 0 Å². The monoisotopic (exact) mass is 444 g/mol. The fraction of sp³-hybridized carbons (Fsp3) is 0.364. The second-order valence-corrected chi connectivity index (χ2v) is 7.86. The number of pyridine rings is 2. The molecule has 1 fully saturated rings. The molecule has 0 unspecified atom stereocenters. The van der Waals surface area contributed by atoms with Crippen molar-refractivity contribution in [1.82, 2.24) is 19.9 Å². The van der Waals surface area contributed by atoms with Gasteiger partial charge in [-0.05, 0) is 68.0 Å². The van der Waals surface area contributed by atoms with Gasteiger partial charge >= 0.3 is 6.18 Å². The molecule has 3 aromatic heterocycles. The number of H-pyrrole nitrogens is 1. The molecule has 7 nitrogen and oxygen atoms in total. The van der Waals surface area contributed by atoms with Crippen LogP contribution >= 0.6 is 0 Å². The van der Waals surface area contributed by atoms with Gasteiger partial charge in [0.05, 0.1) is 0 Å². The van der Waals surface area contributed by atoms with Crippen LogP contribution < -0.4 is 15.8 Å². The van der Waals surface area contributed by atoms with Crippen LogP contribution in [0.1, 0.15) is 30.7 Å². The number of halogens is 3. The van der Waals surface area contributed by atoms with E-state index in [2.05, 4.69) is 25.3 Å². The third kappa shape index (κ3) is 4.74. The van der Waals surface area contributed by atoms with E-state index in [1.807, 2.05) is 6.92 Å². The average Bonchev–Trinajstić information content (AvgIpc) is 2.74. The van der Waals surface area contributed by atoms with Crippen LogP contribution in [0.3, 0.4) is 0 Å². The predicted molar refractivity (Wildman–Crippen MR) is 116 cm³/mol. The fourth-order valence-corrected chi connectivity index (χ4v) is 3.96. The van der Waals surface area contributed by atoms with E-state index in [-0.39, 0.29) is 18.8 Å². The molecule has 0 saturated carbocycles. The van der Waals surface area contributed by atoms with E-state index < -0.39 is 17.8 Å². The van der Waals surface area contributed by atoms with E-state index >= 15 is 0 Å². The third-order valence-corrected chi connectivity index (χ3v) is 5.47. The molecule has 0 aliphatic carbocycles. The minimum atomic E-state index is -4.37. The molecule has 4 rings (SSSR count). The topological polar surface area (TPSA) is 86.8 Å². The smallest absolute Gasteiger partial charge is 0.346 e. The van der Waals surface area contributed by atoms with Crippen molar-refractivity contribution in [1.29, 1.82) is 0 Å². The van der Waals surface area contributed by atoms with Gasteiger partial charge in [-0.3, -0.25) is 4.79 Å². The number of aryl methyl sites for hydroxylation is 2. The highest BCUT2D eigenvalue weighted by atomic mass is 19.4. The Morgan fingerprint density at radius 2 is 1.94 bits per heavy atom. The number of nitrogens with one attached hydrogen (secondary N) is 2. The number of piperidine rings is 1. The molecule has 1 aliphatic heterocycles. The summed E-state index contributed by atoms with van der Waals surface area (Å²) in [6, 6.07) is 4.83. The standard InChI is InChI=1S/C22H23F3N6O/c1-13-12-27-19(29-18-6-7-26-14(2)28-18)11-16(13)15-9-20(30-21(32)10-15)31-8-4-3-5-17(31)22(23,24)25/h6-7,9-12,17H,3-5,8H2,1-2H3,(H,30,32)(H,26,27,28,29)/t17-/m1/s1. The van der Waals surface area contributed by atoms with Crippen LogP contribution in [0.5, 0.6) is 0 Å². The first-order valence-electron chi connectivity index (χ1n) is 10.3. The first-order valence-corrected chi connectivity index (χ1v) is 10.3. The number of anilines is 3. The number of alkyl halides is 3. The van der Waals surface area contributed by atoms with Gasteiger partial charge in [0.1, 0.15) is 29.3 Å². The van der Waals surface area contributed by atoms with E-state index in [1.54, 1.807) is 37.5 Å². The lowest BCUT2D eigenvalue weighted by molar-refractivity contribution is -0.152. The molecule has 2 N–H and O–H groups in total. The van der Waals surface area contributed by atoms with Crippen LogP contribution in [0.15, 0.2) is 41.5 Å². The Hall–Kier alpha value is -3.43. The maximum absolute atomic E-state index is 13.6. The number of nitrogens with zero attached hydrogens (tertiary/aromatic N) is 4. The van der Waals surface area contributed by atoms with Gasteiger partial charge in [-0.25, -0.2) is 15.0 Å². The van der Waals surface area contributed by atoms with Gasteiger partial charge in [0, 0.05) is 25.0 Å². The maximum Gasteiger partial charge on any atom is 0.408 e. The normalized spacial score (nSPS) is 16.8. The van der Waals surface area contributed by atoms with Gasteiger partial charge in [-0.1, -0.05) is 0 Å². The molecule has 4 heterocycles. The Bertz CT molecular complexity index is 1180. The van der Waals surface area contributed by atoms with Crippen molar-refractivity contribution >= 4 is 17.5 Å². The molecule has 0 bridgehead atoms. The summed E-state index contributed by atoms with van der Waals surface area (Å²) in [6.45, 7) is 3.84. The summed E-state index contributed by atoms with van der Waals surface area (Å²) in [4.78, 5) is 28.9. The number of aromatic amines is 1. The van der Waals surface area contributed by atoms with Gasteiger partial charge in [0.15, 0.2) is 0 Å². The number of rotatable bonds is 4. The Morgan fingerprint density at radius 3 is 2.69 bits per heavy atom. The van der Waals surface area contributed by atoms with Crippen LogP contribution in [-0.2, 0) is 0 Å². The number of hydrogen-bond donors (Lipinski definition) is 2. The second-order valence-electron chi connectivity index (χ2n) is 7.86. The molecule has 0 radical (unpaired) electrons. The van der Waals surface area contributed by atoms with Crippen LogP contribution in [0, 0.1) is 13.8 Å². The van der Waals surface area contributed by atoms with Gasteiger partial charge in [0.2, 0.25) is 5.56 Å². The highest BCUT2D eigenvalue weighted by molar-refractivity contribution is 5.73. The van der Waals surface area contributed by atoms with Crippen molar-refractivity contribution in [3.05, 3.63) is 58.4 Å². The van der Waals surface area contributed by atoms with E-state index in [1.165, 1.54) is 11.0 Å². The quantitative estimate of drug-likeness (QED) is 0.616. The Kier molecular flexibility index (Phi) is 5.86. The first-order chi connectivity index (χ1) is 15.2. The summed E-state index contributed by atoms with van der Waals surface area (Å²) in [5, 5.41) is 3.09. The zero-order chi connectivity index (χ0) is 22.9. The summed E-state index contributed by atoms with van der Waals surface area (Å²) in [7, 11) is 0. The van der Waals surface area contributed by atoms with Gasteiger partial charge < -0.3 is 15.2 Å². The van der Waals surface area contributed by atoms with Crippen molar-refractivity contribution < 1.29 is 13.2 Å². The molecule has 1 aliphatic rings. The third-order valence-electron chi connectivity index (χ3n) is 5.47. The molecule has 1 atom stereocenters. The largest absolute Gasteiger partial charge is 0.408 e. The second kappa shape index (κ2) is 8.60. The summed E-state index contributed by atoms with van der Waals surface area (Å²) >= 11 is 0. The predicted octanol–water partition coefficient (Wildman–Crippen LogP) is 4.51. The van der Waals surface area contributed by atoms with Crippen molar-refractivity contribution in [2.45, 2.75) is 45.3 Å². The first kappa shape index (κ1) is 21.8. The molecule has 168 valence electrons. The Morgan fingerprint density at radius 1 is 1.12 bits per heavy atom. The molecule has 0 aromatic carbocycles. The molecule has 0 amide bonds. The van der Waals surface area contributed by atoms with Gasteiger partial charge in [-0.2, -0.15) is 13.2 Å². The Labute approximate surface area is 182 Å². The van der Waals surface area contributed by atoms with Crippen molar-refractivity contribution in [3.8, 4) is 11.1 Å². The molecular weight excluding hydrogens is 421 g/mol. The van der Waals surface area contributed by atoms with E-state index in [0.29, 0.717) is 41.4 Å². The number of aromatic nitrogens is 4. The zero-order valence-electron chi connectivity index (χ0n) is 17.7. The van der Waals surface area contributed by atoms with Crippen molar-refractivity contribution in [3.63, 3.8) is 0 Å². The molecule has 32 heavy (non-hydrogen) atoms. The zero-order valence-corrected chi connectivity index (χ0v) is 17.7. The average molecular weight is 444 g/mol. The lowest BCUT2D eigenvalue weighted by atomic mass is 10.00. The van der Waals surface area contributed by atoms with Crippen LogP contribution in [0.4, 0.5) is 30.6 Å². The maximum atomic E-state index is 13.6. The lowest BCUT2D eigenvalue weighted by Crippen LogP contribution is -2.49. The highest BCUT2D eigenvalue weighted by Crippen LogP contribution is 2.35. The summed E-state index contributed by atoms with van der Waals surface area (Å²) < 4.78 is 40.8. The molecule has 3 aromatic rings. The van der Waals surface area contributed by atoms with E-state index in [0.717, 1.165) is 5.56 Å². The Balaban J connectivity index is 1.71.